The fourth-order valence-corrected chi connectivity index (χ4v) is 5.38. The second-order valence-electron chi connectivity index (χ2n) is 10.5. The van der Waals surface area contributed by atoms with Crippen LogP contribution in [-0.2, 0) is 14.3 Å². The third-order valence-corrected chi connectivity index (χ3v) is 7.55. The van der Waals surface area contributed by atoms with Gasteiger partial charge in [-0.3, -0.25) is 4.79 Å². The summed E-state index contributed by atoms with van der Waals surface area (Å²) in [7, 11) is 0. The number of hydrogen-bond donors (Lipinski definition) is 3. The number of aliphatic hydroxyl groups excluding tert-OH is 2. The van der Waals surface area contributed by atoms with E-state index in [1.807, 2.05) is 0 Å². The van der Waals surface area contributed by atoms with E-state index in [4.69, 9.17) is 9.47 Å². The Hall–Kier alpha value is -4.11. The fourth-order valence-electron chi connectivity index (χ4n) is 5.38. The number of carbonyl (C=O) groups is 1. The number of aromatic nitrogens is 6. The monoisotopic (exact) mass is 581 g/mol. The molecule has 6 unspecified atom stereocenters. The summed E-state index contributed by atoms with van der Waals surface area (Å²) in [6.45, 7) is 0.121. The van der Waals surface area contributed by atoms with Crippen LogP contribution in [0.5, 0.6) is 0 Å². The highest BCUT2D eigenvalue weighted by Crippen LogP contribution is 2.31. The van der Waals surface area contributed by atoms with Gasteiger partial charge in [0, 0.05) is 17.5 Å². The van der Waals surface area contributed by atoms with Crippen molar-refractivity contribution in [3.63, 3.8) is 0 Å². The van der Waals surface area contributed by atoms with Gasteiger partial charge in [-0.15, -0.1) is 10.2 Å². The Kier molecular flexibility index (Phi) is 8.02. The number of benzene rings is 2. The van der Waals surface area contributed by atoms with Crippen LogP contribution in [0.2, 0.25) is 0 Å². The molecule has 4 aromatic rings. The van der Waals surface area contributed by atoms with E-state index in [2.05, 4.69) is 25.9 Å². The molecular formula is C28H29F2N7O5. The summed E-state index contributed by atoms with van der Waals surface area (Å²) in [6.07, 6.45) is 0.644. The molecule has 6 rings (SSSR count). The summed E-state index contributed by atoms with van der Waals surface area (Å²) in [6, 6.07) is 10.6. The highest BCUT2D eigenvalue weighted by Gasteiger charge is 2.42. The minimum Gasteiger partial charge on any atom is -0.394 e. The standard InChI is InChI=1S/C28H29F2N7O5/c29-18-5-1-3-16(7-18)22-11-36(34-32-22)21-9-20(14-41-15-21)31-28(40)25-10-24(27(39)26(13-38)42-25)37-12-23(33-35-37)17-4-2-6-19(30)8-17/h1-8,11-12,20-21,24-27,38-39H,9-10,13-15H2,(H,31,40). The number of ether oxygens (including phenoxy) is 2. The second-order valence-corrected chi connectivity index (χ2v) is 10.5. The zero-order chi connectivity index (χ0) is 29.2. The number of rotatable bonds is 7. The maximum Gasteiger partial charge on any atom is 0.249 e. The predicted octanol–water partition coefficient (Wildman–Crippen LogP) is 1.68. The van der Waals surface area contributed by atoms with Gasteiger partial charge in [0.15, 0.2) is 0 Å². The van der Waals surface area contributed by atoms with Crippen LogP contribution < -0.4 is 5.32 Å². The van der Waals surface area contributed by atoms with Gasteiger partial charge in [0.05, 0.1) is 50.3 Å². The van der Waals surface area contributed by atoms with Crippen molar-refractivity contribution < 1.29 is 33.3 Å². The van der Waals surface area contributed by atoms with Crippen LogP contribution in [0.15, 0.2) is 60.9 Å². The first kappa shape index (κ1) is 28.0. The van der Waals surface area contributed by atoms with E-state index in [9.17, 15) is 23.8 Å². The van der Waals surface area contributed by atoms with E-state index in [1.54, 1.807) is 41.3 Å². The van der Waals surface area contributed by atoms with Crippen LogP contribution >= 0.6 is 0 Å². The van der Waals surface area contributed by atoms with Crippen LogP contribution in [-0.4, -0.2) is 90.3 Å². The average molecular weight is 582 g/mol. The summed E-state index contributed by atoms with van der Waals surface area (Å²) < 4.78 is 41.9. The van der Waals surface area contributed by atoms with Gasteiger partial charge in [0.2, 0.25) is 5.91 Å². The molecule has 12 nitrogen and oxygen atoms in total. The molecule has 2 saturated heterocycles. The second kappa shape index (κ2) is 12.0. The van der Waals surface area contributed by atoms with E-state index in [0.29, 0.717) is 35.5 Å². The van der Waals surface area contributed by atoms with Gasteiger partial charge in [0.25, 0.3) is 0 Å². The van der Waals surface area contributed by atoms with Gasteiger partial charge in [-0.2, -0.15) is 0 Å². The van der Waals surface area contributed by atoms with Gasteiger partial charge >= 0.3 is 0 Å². The lowest BCUT2D eigenvalue weighted by molar-refractivity contribution is -0.172. The van der Waals surface area contributed by atoms with Crippen molar-refractivity contribution in [2.45, 2.75) is 49.3 Å². The first-order chi connectivity index (χ1) is 20.4. The van der Waals surface area contributed by atoms with Crippen molar-refractivity contribution in [1.82, 2.24) is 35.3 Å². The third kappa shape index (κ3) is 5.92. The minimum absolute atomic E-state index is 0.0620. The number of nitrogens with one attached hydrogen (secondary N) is 1. The van der Waals surface area contributed by atoms with Gasteiger partial charge < -0.3 is 25.0 Å². The van der Waals surface area contributed by atoms with Crippen LogP contribution in [0.25, 0.3) is 22.5 Å². The summed E-state index contributed by atoms with van der Waals surface area (Å²) in [5.41, 5.74) is 2.03. The molecule has 0 spiro atoms. The van der Waals surface area contributed by atoms with E-state index < -0.39 is 42.7 Å². The first-order valence-corrected chi connectivity index (χ1v) is 13.6. The van der Waals surface area contributed by atoms with Gasteiger partial charge in [-0.25, -0.2) is 18.1 Å². The van der Waals surface area contributed by atoms with E-state index >= 15 is 0 Å². The average Bonchev–Trinajstić information content (AvgIpc) is 3.69. The molecule has 2 aliphatic rings. The Morgan fingerprint density at radius 3 is 2.24 bits per heavy atom. The fraction of sp³-hybridized carbons (Fsp3) is 0.393. The van der Waals surface area contributed by atoms with Gasteiger partial charge in [-0.05, 0) is 30.7 Å². The van der Waals surface area contributed by atoms with Crippen molar-refractivity contribution in [1.29, 1.82) is 0 Å². The largest absolute Gasteiger partial charge is 0.394 e. The molecule has 42 heavy (non-hydrogen) atoms. The molecule has 2 aromatic carbocycles. The van der Waals surface area contributed by atoms with Crippen molar-refractivity contribution in [2.24, 2.45) is 0 Å². The van der Waals surface area contributed by atoms with Crippen LogP contribution in [0.4, 0.5) is 8.78 Å². The molecule has 0 saturated carbocycles. The lowest BCUT2D eigenvalue weighted by atomic mass is 9.94. The Morgan fingerprint density at radius 2 is 1.60 bits per heavy atom. The summed E-state index contributed by atoms with van der Waals surface area (Å²) in [4.78, 5) is 13.3. The van der Waals surface area contributed by atoms with Crippen LogP contribution in [0, 0.1) is 11.6 Å². The SMILES string of the molecule is O=C(NC1COCC(n2cc(-c3cccc(F)c3)nn2)C1)C1CC(n2cc(-c3cccc(F)c3)nn2)C(O)C(CO)O1. The normalized spacial score (nSPS) is 26.2. The number of aliphatic hydroxyl groups is 2. The molecule has 0 aliphatic carbocycles. The molecule has 0 radical (unpaired) electrons. The molecule has 4 heterocycles. The smallest absolute Gasteiger partial charge is 0.249 e. The van der Waals surface area contributed by atoms with E-state index in [-0.39, 0.29) is 30.9 Å². The number of hydrogen-bond acceptors (Lipinski definition) is 9. The maximum absolute atomic E-state index is 13.7. The topological polar surface area (TPSA) is 149 Å². The lowest BCUT2D eigenvalue weighted by Gasteiger charge is -2.38. The number of halogens is 2. The molecule has 2 fully saturated rings. The minimum atomic E-state index is -1.16. The summed E-state index contributed by atoms with van der Waals surface area (Å²) in [5.74, 6) is -1.22. The van der Waals surface area contributed by atoms with Crippen molar-refractivity contribution >= 4 is 5.91 Å². The lowest BCUT2D eigenvalue weighted by Crippen LogP contribution is -2.54. The van der Waals surface area contributed by atoms with Crippen LogP contribution in [0.1, 0.15) is 24.9 Å². The molecule has 14 heteroatoms. The maximum atomic E-state index is 13.7. The highest BCUT2D eigenvalue weighted by molar-refractivity contribution is 5.81. The molecular weight excluding hydrogens is 552 g/mol. The zero-order valence-electron chi connectivity index (χ0n) is 22.3. The molecule has 220 valence electrons. The predicted molar refractivity (Wildman–Crippen MR) is 143 cm³/mol. The van der Waals surface area contributed by atoms with Crippen molar-refractivity contribution in [2.75, 3.05) is 19.8 Å². The Bertz CT molecular complexity index is 1550. The molecule has 1 amide bonds. The number of carbonyl (C=O) groups excluding carboxylic acids is 1. The number of nitrogens with zero attached hydrogens (tertiary/aromatic N) is 6. The highest BCUT2D eigenvalue weighted by atomic mass is 19.1. The third-order valence-electron chi connectivity index (χ3n) is 7.55. The summed E-state index contributed by atoms with van der Waals surface area (Å²) >= 11 is 0. The first-order valence-electron chi connectivity index (χ1n) is 13.6. The van der Waals surface area contributed by atoms with E-state index in [0.717, 1.165) is 0 Å². The molecule has 2 aromatic heterocycles. The number of amides is 1. The summed E-state index contributed by atoms with van der Waals surface area (Å²) in [5, 5.41) is 40.2. The Balaban J connectivity index is 1.12. The molecule has 6 atom stereocenters. The quantitative estimate of drug-likeness (QED) is 0.296. The molecule has 3 N–H and O–H groups in total. The van der Waals surface area contributed by atoms with Crippen molar-refractivity contribution in [3.05, 3.63) is 72.6 Å². The molecule has 0 bridgehead atoms. The van der Waals surface area contributed by atoms with Gasteiger partial charge in [-0.1, -0.05) is 34.7 Å². The van der Waals surface area contributed by atoms with Crippen molar-refractivity contribution in [3.8, 4) is 22.5 Å². The Labute approximate surface area is 238 Å². The van der Waals surface area contributed by atoms with E-state index in [1.165, 1.54) is 28.9 Å². The van der Waals surface area contributed by atoms with Crippen LogP contribution in [0.3, 0.4) is 0 Å². The molecule has 2 aliphatic heterocycles. The zero-order valence-corrected chi connectivity index (χ0v) is 22.3. The Morgan fingerprint density at radius 1 is 0.952 bits per heavy atom. The van der Waals surface area contributed by atoms with Gasteiger partial charge in [0.1, 0.15) is 41.3 Å².